The molecular weight excluding hydrogens is 136 g/mol. The minimum absolute atomic E-state index is 0.0763. The minimum atomic E-state index is 0.0763. The molecule has 1 aromatic rings. The first-order valence-electron chi connectivity index (χ1n) is 3.70. The van der Waals surface area contributed by atoms with Gasteiger partial charge in [0.1, 0.15) is 0 Å². The van der Waals surface area contributed by atoms with Gasteiger partial charge in [-0.25, -0.2) is 0 Å². The summed E-state index contributed by atoms with van der Waals surface area (Å²) >= 11 is 0. The van der Waals surface area contributed by atoms with Crippen LogP contribution in [0.4, 0.5) is 0 Å². The highest BCUT2D eigenvalue weighted by atomic mass is 16.3. The van der Waals surface area contributed by atoms with E-state index in [1.54, 1.807) is 12.1 Å². The Morgan fingerprint density at radius 2 is 1.91 bits per heavy atom. The molecule has 0 atom stereocenters. The fraction of sp³-hybridized carbons (Fsp3) is 0.200. The second kappa shape index (κ2) is 3.81. The number of aryl methyl sites for hydroxylation is 1. The van der Waals surface area contributed by atoms with Crippen LogP contribution in [0, 0.1) is 0 Å². The Morgan fingerprint density at radius 1 is 1.27 bits per heavy atom. The molecule has 0 N–H and O–H groups in total. The highest BCUT2D eigenvalue weighted by Gasteiger charge is 1.91. The molecule has 1 nitrogen and oxygen atoms in total. The lowest BCUT2D eigenvalue weighted by molar-refractivity contribution is 0.355. The molecule has 11 heavy (non-hydrogen) atoms. The van der Waals surface area contributed by atoms with Crippen molar-refractivity contribution in [3.05, 3.63) is 42.5 Å². The van der Waals surface area contributed by atoms with Gasteiger partial charge in [0.2, 0.25) is 0 Å². The van der Waals surface area contributed by atoms with Crippen molar-refractivity contribution in [2.24, 2.45) is 0 Å². The molecule has 0 amide bonds. The van der Waals surface area contributed by atoms with Gasteiger partial charge >= 0.3 is 0 Å². The molecular formula is C10H11O. The zero-order chi connectivity index (χ0) is 8.10. The monoisotopic (exact) mass is 147 g/mol. The van der Waals surface area contributed by atoms with Crippen LogP contribution in [0.15, 0.2) is 36.9 Å². The number of hydrogen-bond acceptors (Lipinski definition) is 0. The molecule has 57 valence electrons. The fourth-order valence-electron chi connectivity index (χ4n) is 0.925. The molecule has 0 unspecified atom stereocenters. The number of benzene rings is 1. The van der Waals surface area contributed by atoms with Crippen LogP contribution in [0.3, 0.4) is 0 Å². The second-order valence-electron chi connectivity index (χ2n) is 2.47. The molecule has 1 heteroatoms. The Kier molecular flexibility index (Phi) is 2.73. The van der Waals surface area contributed by atoms with Gasteiger partial charge in [-0.1, -0.05) is 18.2 Å². The number of hydrogen-bond donors (Lipinski definition) is 0. The zero-order valence-corrected chi connectivity index (χ0v) is 6.42. The summed E-state index contributed by atoms with van der Waals surface area (Å²) in [6.07, 6.45) is 3.83. The lowest BCUT2D eigenvalue weighted by Crippen LogP contribution is -1.80. The number of allylic oxidation sites excluding steroid dienone is 1. The van der Waals surface area contributed by atoms with Crippen LogP contribution in [0.25, 0.3) is 0 Å². The van der Waals surface area contributed by atoms with Crippen LogP contribution in [-0.4, -0.2) is 0 Å². The van der Waals surface area contributed by atoms with Crippen LogP contribution in [0.2, 0.25) is 0 Å². The van der Waals surface area contributed by atoms with Crippen molar-refractivity contribution in [2.75, 3.05) is 0 Å². The van der Waals surface area contributed by atoms with E-state index in [2.05, 4.69) is 6.58 Å². The molecule has 1 rings (SSSR count). The van der Waals surface area contributed by atoms with Gasteiger partial charge in [0, 0.05) is 0 Å². The predicted octanol–water partition coefficient (Wildman–Crippen LogP) is 2.95. The van der Waals surface area contributed by atoms with Crippen LogP contribution in [-0.2, 0) is 11.5 Å². The highest BCUT2D eigenvalue weighted by Crippen LogP contribution is 2.11. The van der Waals surface area contributed by atoms with Gasteiger partial charge in [-0.3, -0.25) is 5.11 Å². The lowest BCUT2D eigenvalue weighted by Gasteiger charge is -1.95. The van der Waals surface area contributed by atoms with E-state index in [0.717, 1.165) is 12.8 Å². The Labute approximate surface area is 67.0 Å². The van der Waals surface area contributed by atoms with Crippen molar-refractivity contribution in [3.8, 4) is 5.75 Å². The molecule has 0 bridgehead atoms. The van der Waals surface area contributed by atoms with E-state index >= 15 is 0 Å². The normalized spacial score (nSPS) is 9.45. The average Bonchev–Trinajstić information content (AvgIpc) is 2.04. The van der Waals surface area contributed by atoms with Gasteiger partial charge in [-0.05, 0) is 30.5 Å². The number of rotatable bonds is 3. The molecule has 0 aliphatic rings. The maximum absolute atomic E-state index is 10.7. The standard InChI is InChI=1S/C10H11O/c1-2-3-4-9-5-7-10(11)8-6-9/h2,5-8H,1,3-4H2. The fourth-order valence-corrected chi connectivity index (χ4v) is 0.925. The molecule has 0 heterocycles. The molecule has 0 saturated heterocycles. The summed E-state index contributed by atoms with van der Waals surface area (Å²) in [5.41, 5.74) is 1.20. The summed E-state index contributed by atoms with van der Waals surface area (Å²) < 4.78 is 0. The minimum Gasteiger partial charge on any atom is -0.290 e. The summed E-state index contributed by atoms with van der Waals surface area (Å²) in [6.45, 7) is 3.63. The summed E-state index contributed by atoms with van der Waals surface area (Å²) in [7, 11) is 0. The second-order valence-corrected chi connectivity index (χ2v) is 2.47. The molecule has 0 fully saturated rings. The van der Waals surface area contributed by atoms with Crippen molar-refractivity contribution in [1.82, 2.24) is 0 Å². The summed E-state index contributed by atoms with van der Waals surface area (Å²) in [6, 6.07) is 6.93. The van der Waals surface area contributed by atoms with E-state index < -0.39 is 0 Å². The van der Waals surface area contributed by atoms with Crippen LogP contribution < -0.4 is 0 Å². The topological polar surface area (TPSA) is 19.9 Å². The first kappa shape index (κ1) is 7.86. The molecule has 1 radical (unpaired) electrons. The molecule has 0 aliphatic heterocycles. The third kappa shape index (κ3) is 2.46. The Morgan fingerprint density at radius 3 is 2.45 bits per heavy atom. The molecule has 1 aromatic carbocycles. The highest BCUT2D eigenvalue weighted by molar-refractivity contribution is 5.25. The zero-order valence-electron chi connectivity index (χ0n) is 6.42. The molecule has 0 spiro atoms. The third-order valence-corrected chi connectivity index (χ3v) is 1.56. The van der Waals surface area contributed by atoms with Gasteiger partial charge in [0.15, 0.2) is 5.75 Å². The predicted molar refractivity (Wildman–Crippen MR) is 45.1 cm³/mol. The van der Waals surface area contributed by atoms with Gasteiger partial charge in [-0.2, -0.15) is 0 Å². The summed E-state index contributed by atoms with van der Waals surface area (Å²) in [5.74, 6) is 0.0763. The van der Waals surface area contributed by atoms with E-state index in [9.17, 15) is 5.11 Å². The lowest BCUT2D eigenvalue weighted by atomic mass is 10.1. The van der Waals surface area contributed by atoms with Crippen molar-refractivity contribution >= 4 is 0 Å². The van der Waals surface area contributed by atoms with Gasteiger partial charge in [0.25, 0.3) is 0 Å². The van der Waals surface area contributed by atoms with Crippen molar-refractivity contribution < 1.29 is 5.11 Å². The van der Waals surface area contributed by atoms with Gasteiger partial charge in [0.05, 0.1) is 0 Å². The Bertz CT molecular complexity index is 223. The van der Waals surface area contributed by atoms with Crippen LogP contribution >= 0.6 is 0 Å². The molecule has 0 saturated carbocycles. The average molecular weight is 147 g/mol. The summed E-state index contributed by atoms with van der Waals surface area (Å²) in [5, 5.41) is 10.7. The van der Waals surface area contributed by atoms with Crippen molar-refractivity contribution in [2.45, 2.75) is 12.8 Å². The van der Waals surface area contributed by atoms with Gasteiger partial charge in [-0.15, -0.1) is 6.58 Å². The maximum atomic E-state index is 10.7. The van der Waals surface area contributed by atoms with Crippen LogP contribution in [0.1, 0.15) is 12.0 Å². The Hall–Kier alpha value is -1.24. The molecule has 0 aromatic heterocycles. The van der Waals surface area contributed by atoms with E-state index in [1.807, 2.05) is 18.2 Å². The van der Waals surface area contributed by atoms with E-state index in [-0.39, 0.29) is 5.75 Å². The Balaban J connectivity index is 2.58. The SMILES string of the molecule is C=CCCc1ccc([O])cc1. The summed E-state index contributed by atoms with van der Waals surface area (Å²) in [4.78, 5) is 0. The first-order valence-corrected chi connectivity index (χ1v) is 3.70. The third-order valence-electron chi connectivity index (χ3n) is 1.56. The van der Waals surface area contributed by atoms with E-state index in [1.165, 1.54) is 5.56 Å². The molecule has 0 aliphatic carbocycles. The van der Waals surface area contributed by atoms with E-state index in [0.29, 0.717) is 0 Å². The van der Waals surface area contributed by atoms with Crippen molar-refractivity contribution in [3.63, 3.8) is 0 Å². The first-order chi connectivity index (χ1) is 5.33. The smallest absolute Gasteiger partial charge is 0.178 e. The van der Waals surface area contributed by atoms with Crippen molar-refractivity contribution in [1.29, 1.82) is 0 Å². The van der Waals surface area contributed by atoms with Gasteiger partial charge < -0.3 is 0 Å². The maximum Gasteiger partial charge on any atom is 0.178 e. The van der Waals surface area contributed by atoms with E-state index in [4.69, 9.17) is 0 Å². The quantitative estimate of drug-likeness (QED) is 0.586. The largest absolute Gasteiger partial charge is 0.290 e. The van der Waals surface area contributed by atoms with Crippen LogP contribution in [0.5, 0.6) is 5.75 Å².